The van der Waals surface area contributed by atoms with Crippen molar-refractivity contribution in [3.8, 4) is 0 Å². The summed E-state index contributed by atoms with van der Waals surface area (Å²) in [5.74, 6) is 1.24. The number of hydrogen-bond acceptors (Lipinski definition) is 6. The van der Waals surface area contributed by atoms with Crippen molar-refractivity contribution in [3.05, 3.63) is 230 Å². The molecule has 2 aliphatic carbocycles. The van der Waals surface area contributed by atoms with Crippen LogP contribution in [0.4, 0.5) is 34.1 Å². The molecular formula is C78H58N2O4. The standard InChI is InChI=1S/C78H58N2O4/c1-3-11-47(12-4-1)49-19-23-57(24-20-49)79(59-27-31-63-67-35-51-15-7-9-17-53(51)39-71(67)81-75(63)43-59)61-29-33-65-69-37-55-42-74-70(38-56(55)41-73(69)83-77(65)45-61)66-34-30-62(46-78(66)84-74)80(58-25-21-50(22-26-58)48-13-5-2-6-14-48)60-28-32-64-68-36-52-16-8-10-18-54(52)40-72(68)82-76(64)44-60/h7-10,15-48H,1-6,11-14H2. The number of benzene rings is 12. The Morgan fingerprint density at radius 1 is 0.226 bits per heavy atom. The summed E-state index contributed by atoms with van der Waals surface area (Å²) < 4.78 is 27.1. The van der Waals surface area contributed by atoms with Crippen LogP contribution in [0.2, 0.25) is 0 Å². The fraction of sp³-hybridized carbons (Fsp3) is 0.154. The van der Waals surface area contributed by atoms with Crippen molar-refractivity contribution in [2.24, 2.45) is 0 Å². The Morgan fingerprint density at radius 2 is 0.488 bits per heavy atom. The molecule has 16 aromatic rings. The maximum Gasteiger partial charge on any atom is 0.137 e. The Morgan fingerprint density at radius 3 is 0.810 bits per heavy atom. The molecule has 6 heteroatoms. The molecule has 404 valence electrons. The van der Waals surface area contributed by atoms with Crippen LogP contribution in [-0.4, -0.2) is 0 Å². The van der Waals surface area contributed by atoms with Gasteiger partial charge in [0.2, 0.25) is 0 Å². The number of nitrogens with zero attached hydrogens (tertiary/aromatic N) is 2. The zero-order chi connectivity index (χ0) is 55.0. The highest BCUT2D eigenvalue weighted by Gasteiger charge is 2.24. The molecule has 12 aromatic carbocycles. The fourth-order valence-corrected chi connectivity index (χ4v) is 14.8. The first-order chi connectivity index (χ1) is 41.5. The first-order valence-electron chi connectivity index (χ1n) is 30.3. The van der Waals surface area contributed by atoms with E-state index in [-0.39, 0.29) is 0 Å². The van der Waals surface area contributed by atoms with E-state index in [1.54, 1.807) is 0 Å². The van der Waals surface area contributed by atoms with Gasteiger partial charge in [-0.25, -0.2) is 0 Å². The summed E-state index contributed by atoms with van der Waals surface area (Å²) in [6.45, 7) is 0. The highest BCUT2D eigenvalue weighted by Crippen LogP contribution is 2.46. The van der Waals surface area contributed by atoms with Crippen LogP contribution in [0, 0.1) is 0 Å². The lowest BCUT2D eigenvalue weighted by atomic mass is 9.84. The lowest BCUT2D eigenvalue weighted by molar-refractivity contribution is 0.443. The molecule has 4 aromatic heterocycles. The molecule has 84 heavy (non-hydrogen) atoms. The van der Waals surface area contributed by atoms with Crippen LogP contribution >= 0.6 is 0 Å². The molecule has 2 fully saturated rings. The number of anilines is 6. The maximum atomic E-state index is 6.90. The average molecular weight is 1090 g/mol. The van der Waals surface area contributed by atoms with Crippen molar-refractivity contribution < 1.29 is 17.7 Å². The van der Waals surface area contributed by atoms with Gasteiger partial charge in [-0.3, -0.25) is 0 Å². The van der Waals surface area contributed by atoms with Crippen molar-refractivity contribution in [3.63, 3.8) is 0 Å². The summed E-state index contributed by atoms with van der Waals surface area (Å²) in [6, 6.07) is 80.0. The molecule has 0 amide bonds. The molecule has 0 N–H and O–H groups in total. The molecular weight excluding hydrogens is 1030 g/mol. The van der Waals surface area contributed by atoms with E-state index in [0.29, 0.717) is 11.8 Å². The number of furan rings is 4. The number of fused-ring (bicyclic) bond motifs is 15. The average Bonchev–Trinajstić information content (AvgIpc) is 3.01. The molecule has 0 bridgehead atoms. The van der Waals surface area contributed by atoms with Gasteiger partial charge in [0.15, 0.2) is 0 Å². The highest BCUT2D eigenvalue weighted by molar-refractivity contribution is 6.17. The smallest absolute Gasteiger partial charge is 0.137 e. The van der Waals surface area contributed by atoms with E-state index in [2.05, 4.69) is 228 Å². The zero-order valence-electron chi connectivity index (χ0n) is 46.5. The molecule has 4 heterocycles. The summed E-state index contributed by atoms with van der Waals surface area (Å²) in [7, 11) is 0. The van der Waals surface area contributed by atoms with Crippen LogP contribution in [0.1, 0.15) is 87.2 Å². The predicted molar refractivity (Wildman–Crippen MR) is 349 cm³/mol. The minimum absolute atomic E-state index is 0.621. The van der Waals surface area contributed by atoms with Crippen molar-refractivity contribution in [1.82, 2.24) is 0 Å². The normalized spacial score (nSPS) is 14.8. The second-order valence-corrected chi connectivity index (χ2v) is 24.1. The lowest BCUT2D eigenvalue weighted by Gasteiger charge is -2.27. The van der Waals surface area contributed by atoms with E-state index in [1.807, 2.05) is 0 Å². The summed E-state index contributed by atoms with van der Waals surface area (Å²) in [5, 5.41) is 15.7. The summed E-state index contributed by atoms with van der Waals surface area (Å²) in [4.78, 5) is 4.69. The zero-order valence-corrected chi connectivity index (χ0v) is 46.5. The van der Waals surface area contributed by atoms with E-state index in [1.165, 1.54) is 96.9 Å². The van der Waals surface area contributed by atoms with E-state index in [0.717, 1.165) is 133 Å². The highest BCUT2D eigenvalue weighted by atomic mass is 16.3. The van der Waals surface area contributed by atoms with Gasteiger partial charge in [-0.1, -0.05) is 111 Å². The Hall–Kier alpha value is -9.78. The Balaban J connectivity index is 0.718. The lowest BCUT2D eigenvalue weighted by Crippen LogP contribution is -2.10. The van der Waals surface area contributed by atoms with Crippen molar-refractivity contribution in [2.75, 3.05) is 9.80 Å². The SMILES string of the molecule is c1ccc2cc3c(cc2c1)oc1cc(N(c2ccc(C4CCCCC4)cc2)c2ccc4c(c2)oc2cc5cc6c(cc5cc24)oc2cc(N(c4ccc(C5CCCCC5)cc4)c4ccc5c(c4)oc4cc7ccccc7cc45)ccc26)ccc13. The Bertz CT molecular complexity index is 4960. The van der Waals surface area contributed by atoms with E-state index < -0.39 is 0 Å². The third-order valence-electron chi connectivity index (χ3n) is 19.1. The van der Waals surface area contributed by atoms with Gasteiger partial charge in [0.05, 0.1) is 0 Å². The van der Waals surface area contributed by atoms with Crippen molar-refractivity contribution >= 4 is 154 Å². The molecule has 2 saturated carbocycles. The van der Waals surface area contributed by atoms with Crippen LogP contribution in [-0.2, 0) is 0 Å². The molecule has 0 saturated heterocycles. The van der Waals surface area contributed by atoms with Gasteiger partial charge in [0.25, 0.3) is 0 Å². The Kier molecular flexibility index (Phi) is 10.7. The molecule has 2 aliphatic rings. The molecule has 0 atom stereocenters. The topological polar surface area (TPSA) is 59.0 Å². The molecule has 0 spiro atoms. The van der Waals surface area contributed by atoms with Gasteiger partial charge in [0, 0.05) is 101 Å². The van der Waals surface area contributed by atoms with Crippen molar-refractivity contribution in [1.29, 1.82) is 0 Å². The molecule has 0 unspecified atom stereocenters. The molecule has 0 aliphatic heterocycles. The predicted octanol–water partition coefficient (Wildman–Crippen LogP) is 23.8. The second-order valence-electron chi connectivity index (χ2n) is 24.1. The molecule has 18 rings (SSSR count). The van der Waals surface area contributed by atoms with Gasteiger partial charge in [-0.2, -0.15) is 0 Å². The van der Waals surface area contributed by atoms with Crippen LogP contribution in [0.25, 0.3) is 120 Å². The summed E-state index contributed by atoms with van der Waals surface area (Å²) in [5.41, 5.74) is 16.0. The van der Waals surface area contributed by atoms with E-state index >= 15 is 0 Å². The fourth-order valence-electron chi connectivity index (χ4n) is 14.8. The van der Waals surface area contributed by atoms with Crippen LogP contribution in [0.5, 0.6) is 0 Å². The third kappa shape index (κ3) is 7.84. The van der Waals surface area contributed by atoms with Gasteiger partial charge >= 0.3 is 0 Å². The first kappa shape index (κ1) is 47.8. The van der Waals surface area contributed by atoms with Gasteiger partial charge in [0.1, 0.15) is 44.7 Å². The minimum Gasteiger partial charge on any atom is -0.456 e. The first-order valence-corrected chi connectivity index (χ1v) is 30.3. The molecule has 0 radical (unpaired) electrons. The Labute approximate surface area is 484 Å². The van der Waals surface area contributed by atoms with E-state index in [9.17, 15) is 0 Å². The van der Waals surface area contributed by atoms with Gasteiger partial charge < -0.3 is 27.5 Å². The number of hydrogen-bond donors (Lipinski definition) is 0. The maximum absolute atomic E-state index is 6.90. The third-order valence-corrected chi connectivity index (χ3v) is 19.1. The quantitative estimate of drug-likeness (QED) is 0.151. The van der Waals surface area contributed by atoms with E-state index in [4.69, 9.17) is 17.7 Å². The largest absolute Gasteiger partial charge is 0.456 e. The monoisotopic (exact) mass is 1090 g/mol. The summed E-state index contributed by atoms with van der Waals surface area (Å²) in [6.07, 6.45) is 13.0. The summed E-state index contributed by atoms with van der Waals surface area (Å²) >= 11 is 0. The second kappa shape index (κ2) is 18.9. The minimum atomic E-state index is 0.621. The number of rotatable bonds is 8. The van der Waals surface area contributed by atoms with Crippen LogP contribution in [0.15, 0.2) is 236 Å². The van der Waals surface area contributed by atoms with Crippen LogP contribution in [0.3, 0.4) is 0 Å². The van der Waals surface area contributed by atoms with Gasteiger partial charge in [-0.15, -0.1) is 0 Å². The molecule has 6 nitrogen and oxygen atoms in total. The van der Waals surface area contributed by atoms with Gasteiger partial charge in [-0.05, 0) is 202 Å². The van der Waals surface area contributed by atoms with Crippen molar-refractivity contribution in [2.45, 2.75) is 76.0 Å². The van der Waals surface area contributed by atoms with Crippen LogP contribution < -0.4 is 9.80 Å².